The molecule has 3 rings (SSSR count). The molecule has 0 radical (unpaired) electrons. The highest BCUT2D eigenvalue weighted by molar-refractivity contribution is 7.09. The first kappa shape index (κ1) is 11.4. The lowest BCUT2D eigenvalue weighted by Gasteiger charge is -2.05. The molecule has 0 fully saturated rings. The van der Waals surface area contributed by atoms with Crippen LogP contribution in [0.25, 0.3) is 0 Å². The molecular formula is C14H13NO2S. The van der Waals surface area contributed by atoms with Gasteiger partial charge in [-0.2, -0.15) is 0 Å². The molecule has 0 spiro atoms. The summed E-state index contributed by atoms with van der Waals surface area (Å²) in [4.78, 5) is 16.0. The molecule has 2 aromatic rings. The van der Waals surface area contributed by atoms with E-state index in [4.69, 9.17) is 4.74 Å². The van der Waals surface area contributed by atoms with Crippen LogP contribution in [0.15, 0.2) is 23.6 Å². The van der Waals surface area contributed by atoms with E-state index in [-0.39, 0.29) is 5.97 Å². The van der Waals surface area contributed by atoms with E-state index in [1.54, 1.807) is 5.38 Å². The van der Waals surface area contributed by atoms with Gasteiger partial charge in [-0.15, -0.1) is 11.3 Å². The van der Waals surface area contributed by atoms with Gasteiger partial charge < -0.3 is 4.74 Å². The fourth-order valence-corrected chi connectivity index (χ4v) is 2.81. The summed E-state index contributed by atoms with van der Waals surface area (Å²) in [6.45, 7) is 1.87. The van der Waals surface area contributed by atoms with Crippen LogP contribution in [0, 0.1) is 6.92 Å². The Kier molecular flexibility index (Phi) is 2.88. The van der Waals surface area contributed by atoms with E-state index < -0.39 is 0 Å². The highest BCUT2D eigenvalue weighted by Gasteiger charge is 2.15. The van der Waals surface area contributed by atoms with Crippen molar-refractivity contribution in [3.63, 3.8) is 0 Å². The van der Waals surface area contributed by atoms with Crippen molar-refractivity contribution >= 4 is 17.3 Å². The molecular weight excluding hydrogens is 246 g/mol. The topological polar surface area (TPSA) is 39.2 Å². The van der Waals surface area contributed by atoms with Crippen molar-refractivity contribution in [2.45, 2.75) is 26.2 Å². The minimum absolute atomic E-state index is 0.378. The summed E-state index contributed by atoms with van der Waals surface area (Å²) in [5, 5.41) is 2.60. The number of carbonyl (C=O) groups is 1. The lowest BCUT2D eigenvalue weighted by molar-refractivity contribution is 0.0729. The molecule has 1 aliphatic rings. The highest BCUT2D eigenvalue weighted by atomic mass is 32.1. The predicted octanol–water partition coefficient (Wildman–Crippen LogP) is 3.16. The molecule has 1 heterocycles. The number of carbonyl (C=O) groups excluding carboxylic acids is 1. The van der Waals surface area contributed by atoms with Gasteiger partial charge in [0, 0.05) is 5.38 Å². The number of benzene rings is 1. The van der Waals surface area contributed by atoms with Gasteiger partial charge in [-0.3, -0.25) is 0 Å². The van der Waals surface area contributed by atoms with Crippen molar-refractivity contribution in [1.82, 2.24) is 4.98 Å². The number of rotatable bonds is 2. The fourth-order valence-electron chi connectivity index (χ4n) is 2.23. The van der Waals surface area contributed by atoms with Gasteiger partial charge in [0.2, 0.25) is 0 Å². The summed E-state index contributed by atoms with van der Waals surface area (Å²) in [6.07, 6.45) is 3.41. The first-order valence-electron chi connectivity index (χ1n) is 5.98. The molecule has 0 atom stereocenters. The fraction of sp³-hybridized carbons (Fsp3) is 0.286. The Labute approximate surface area is 109 Å². The highest BCUT2D eigenvalue weighted by Crippen LogP contribution is 2.26. The van der Waals surface area contributed by atoms with Gasteiger partial charge in [0.25, 0.3) is 0 Å². The first-order valence-corrected chi connectivity index (χ1v) is 6.86. The summed E-state index contributed by atoms with van der Waals surface area (Å²) in [5.41, 5.74) is 3.06. The molecule has 0 N–H and O–H groups in total. The van der Waals surface area contributed by atoms with Crippen molar-refractivity contribution in [3.05, 3.63) is 45.4 Å². The number of esters is 1. The third kappa shape index (κ3) is 2.16. The van der Waals surface area contributed by atoms with Gasteiger partial charge in [0.15, 0.2) is 5.69 Å². The quantitative estimate of drug-likeness (QED) is 0.614. The van der Waals surface area contributed by atoms with Crippen LogP contribution in [-0.2, 0) is 12.8 Å². The zero-order chi connectivity index (χ0) is 12.5. The largest absolute Gasteiger partial charge is 0.422 e. The number of hydrogen-bond acceptors (Lipinski definition) is 4. The Bertz CT molecular complexity index is 604. The van der Waals surface area contributed by atoms with E-state index in [2.05, 4.69) is 11.1 Å². The Hall–Kier alpha value is -1.68. The number of aryl methyl sites for hydroxylation is 3. The lowest BCUT2D eigenvalue weighted by Crippen LogP contribution is -2.09. The van der Waals surface area contributed by atoms with Crippen LogP contribution in [0.5, 0.6) is 5.75 Å². The zero-order valence-electron chi connectivity index (χ0n) is 10.1. The standard InChI is InChI=1S/C14H13NO2S/c1-9-15-13(8-18-9)14(16)17-12-6-5-10-3-2-4-11(10)7-12/h5-8H,2-4H2,1H3. The van der Waals surface area contributed by atoms with Crippen molar-refractivity contribution in [1.29, 1.82) is 0 Å². The minimum Gasteiger partial charge on any atom is -0.422 e. The average Bonchev–Trinajstić information content (AvgIpc) is 2.96. The molecule has 0 amide bonds. The Balaban J connectivity index is 1.78. The molecule has 0 saturated carbocycles. The first-order chi connectivity index (χ1) is 8.72. The molecule has 1 aromatic heterocycles. The maximum absolute atomic E-state index is 11.8. The average molecular weight is 259 g/mol. The van der Waals surface area contributed by atoms with Crippen LogP contribution in [0.4, 0.5) is 0 Å². The van der Waals surface area contributed by atoms with Gasteiger partial charge in [0.05, 0.1) is 5.01 Å². The second kappa shape index (κ2) is 4.53. The van der Waals surface area contributed by atoms with Gasteiger partial charge in [0.1, 0.15) is 5.75 Å². The van der Waals surface area contributed by atoms with E-state index in [1.807, 2.05) is 19.1 Å². The second-order valence-electron chi connectivity index (χ2n) is 4.43. The number of thiazole rings is 1. The van der Waals surface area contributed by atoms with E-state index in [0.717, 1.165) is 17.8 Å². The molecule has 4 heteroatoms. The van der Waals surface area contributed by atoms with Crippen LogP contribution in [0.1, 0.15) is 33.0 Å². The van der Waals surface area contributed by atoms with Crippen molar-refractivity contribution < 1.29 is 9.53 Å². The van der Waals surface area contributed by atoms with E-state index in [1.165, 1.54) is 28.9 Å². The molecule has 92 valence electrons. The van der Waals surface area contributed by atoms with Crippen LogP contribution in [0.3, 0.4) is 0 Å². The molecule has 3 nitrogen and oxygen atoms in total. The zero-order valence-corrected chi connectivity index (χ0v) is 10.9. The number of nitrogens with zero attached hydrogens (tertiary/aromatic N) is 1. The Morgan fingerprint density at radius 1 is 1.33 bits per heavy atom. The Morgan fingerprint density at radius 2 is 2.17 bits per heavy atom. The third-order valence-electron chi connectivity index (χ3n) is 3.11. The SMILES string of the molecule is Cc1nc(C(=O)Oc2ccc3c(c2)CCC3)cs1. The normalized spacial score (nSPS) is 13.4. The molecule has 1 aliphatic carbocycles. The summed E-state index contributed by atoms with van der Waals surface area (Å²) < 4.78 is 5.34. The van der Waals surface area contributed by atoms with Crippen LogP contribution < -0.4 is 4.74 Å². The van der Waals surface area contributed by atoms with Crippen molar-refractivity contribution in [2.24, 2.45) is 0 Å². The maximum atomic E-state index is 11.8. The van der Waals surface area contributed by atoms with Gasteiger partial charge in [-0.05, 0) is 49.4 Å². The predicted molar refractivity (Wildman–Crippen MR) is 70.3 cm³/mol. The lowest BCUT2D eigenvalue weighted by atomic mass is 10.1. The van der Waals surface area contributed by atoms with Crippen molar-refractivity contribution in [3.8, 4) is 5.75 Å². The van der Waals surface area contributed by atoms with Gasteiger partial charge >= 0.3 is 5.97 Å². The molecule has 18 heavy (non-hydrogen) atoms. The monoisotopic (exact) mass is 259 g/mol. The molecule has 0 bridgehead atoms. The van der Waals surface area contributed by atoms with Gasteiger partial charge in [-0.25, -0.2) is 9.78 Å². The van der Waals surface area contributed by atoms with Crippen LogP contribution in [0.2, 0.25) is 0 Å². The van der Waals surface area contributed by atoms with Gasteiger partial charge in [-0.1, -0.05) is 6.07 Å². The smallest absolute Gasteiger partial charge is 0.363 e. The van der Waals surface area contributed by atoms with Crippen LogP contribution >= 0.6 is 11.3 Å². The minimum atomic E-state index is -0.378. The number of fused-ring (bicyclic) bond motifs is 1. The summed E-state index contributed by atoms with van der Waals surface area (Å²) in [6, 6.07) is 5.89. The van der Waals surface area contributed by atoms with Crippen molar-refractivity contribution in [2.75, 3.05) is 0 Å². The van der Waals surface area contributed by atoms with Crippen LogP contribution in [-0.4, -0.2) is 11.0 Å². The summed E-state index contributed by atoms with van der Waals surface area (Å²) in [7, 11) is 0. The van der Waals surface area contributed by atoms with E-state index in [9.17, 15) is 4.79 Å². The number of aromatic nitrogens is 1. The van der Waals surface area contributed by atoms with E-state index in [0.29, 0.717) is 11.4 Å². The maximum Gasteiger partial charge on any atom is 0.363 e. The molecule has 1 aromatic carbocycles. The molecule has 0 saturated heterocycles. The van der Waals surface area contributed by atoms with E-state index >= 15 is 0 Å². The molecule has 0 unspecified atom stereocenters. The summed E-state index contributed by atoms with van der Waals surface area (Å²) >= 11 is 1.45. The number of hydrogen-bond donors (Lipinski definition) is 0. The summed E-state index contributed by atoms with van der Waals surface area (Å²) in [5.74, 6) is 0.239. The molecule has 0 aliphatic heterocycles. The second-order valence-corrected chi connectivity index (χ2v) is 5.49. The Morgan fingerprint density at radius 3 is 2.94 bits per heavy atom. The third-order valence-corrected chi connectivity index (χ3v) is 3.88. The number of ether oxygens (including phenoxy) is 1.